The zero-order valence-corrected chi connectivity index (χ0v) is 9.47. The molecular formula is C12H15N3O2. The predicted molar refractivity (Wildman–Crippen MR) is 65.8 cm³/mol. The van der Waals surface area contributed by atoms with Gasteiger partial charge in [-0.25, -0.2) is 0 Å². The average molecular weight is 233 g/mol. The number of fused-ring (bicyclic) bond motifs is 1. The van der Waals surface area contributed by atoms with Gasteiger partial charge in [0.15, 0.2) is 5.58 Å². The highest BCUT2D eigenvalue weighted by Crippen LogP contribution is 2.27. The second-order valence-corrected chi connectivity index (χ2v) is 4.51. The Bertz CT molecular complexity index is 538. The van der Waals surface area contributed by atoms with E-state index in [9.17, 15) is 0 Å². The van der Waals surface area contributed by atoms with Gasteiger partial charge >= 0.3 is 0 Å². The predicted octanol–water partition coefficient (Wildman–Crippen LogP) is 1.23. The largest absolute Gasteiger partial charge is 0.423 e. The number of hydrogen-bond acceptors (Lipinski definition) is 5. The number of nitrogens with zero attached hydrogens (tertiary/aromatic N) is 2. The maximum atomic E-state index is 9.11. The minimum Gasteiger partial charge on any atom is -0.423 e. The Kier molecular flexibility index (Phi) is 2.40. The lowest BCUT2D eigenvalue weighted by molar-refractivity contribution is 0.238. The summed E-state index contributed by atoms with van der Waals surface area (Å²) in [6.07, 6.45) is 0.983. The first kappa shape index (κ1) is 10.4. The normalized spacial score (nSPS) is 20.3. The zero-order chi connectivity index (χ0) is 11.8. The van der Waals surface area contributed by atoms with E-state index in [1.165, 1.54) is 0 Å². The Labute approximate surface area is 98.8 Å². The van der Waals surface area contributed by atoms with E-state index in [4.69, 9.17) is 15.3 Å². The van der Waals surface area contributed by atoms with E-state index in [1.807, 2.05) is 12.1 Å². The molecule has 1 aliphatic heterocycles. The molecule has 2 heterocycles. The van der Waals surface area contributed by atoms with Crippen molar-refractivity contribution < 1.29 is 9.52 Å². The number of rotatable bonds is 2. The number of nitrogen functional groups attached to an aromatic ring is 1. The van der Waals surface area contributed by atoms with Crippen molar-refractivity contribution in [2.24, 2.45) is 5.92 Å². The fourth-order valence-electron chi connectivity index (χ4n) is 2.22. The van der Waals surface area contributed by atoms with Gasteiger partial charge in [-0.05, 0) is 18.6 Å². The van der Waals surface area contributed by atoms with Gasteiger partial charge in [-0.2, -0.15) is 4.98 Å². The van der Waals surface area contributed by atoms with Crippen LogP contribution in [0, 0.1) is 5.92 Å². The molecule has 0 bridgehead atoms. The summed E-state index contributed by atoms with van der Waals surface area (Å²) >= 11 is 0. The minimum atomic E-state index is 0.226. The first-order valence-corrected chi connectivity index (χ1v) is 5.78. The highest BCUT2D eigenvalue weighted by molar-refractivity contribution is 5.78. The monoisotopic (exact) mass is 233 g/mol. The molecule has 5 nitrogen and oxygen atoms in total. The summed E-state index contributed by atoms with van der Waals surface area (Å²) in [5.41, 5.74) is 7.91. The van der Waals surface area contributed by atoms with Gasteiger partial charge in [-0.15, -0.1) is 0 Å². The fourth-order valence-corrected chi connectivity index (χ4v) is 2.22. The third-order valence-corrected chi connectivity index (χ3v) is 3.22. The molecule has 1 saturated heterocycles. The molecule has 3 rings (SSSR count). The third-order valence-electron chi connectivity index (χ3n) is 3.22. The molecule has 0 aliphatic carbocycles. The molecule has 90 valence electrons. The smallest absolute Gasteiger partial charge is 0.298 e. The number of aliphatic hydroxyl groups excluding tert-OH is 1. The van der Waals surface area contributed by atoms with E-state index < -0.39 is 0 Å². The third kappa shape index (κ3) is 1.82. The molecule has 0 saturated carbocycles. The number of aromatic nitrogens is 1. The molecular weight excluding hydrogens is 218 g/mol. The van der Waals surface area contributed by atoms with E-state index in [0.29, 0.717) is 23.2 Å². The van der Waals surface area contributed by atoms with E-state index in [-0.39, 0.29) is 6.61 Å². The highest BCUT2D eigenvalue weighted by Gasteiger charge is 2.25. The van der Waals surface area contributed by atoms with E-state index in [1.54, 1.807) is 6.07 Å². The van der Waals surface area contributed by atoms with E-state index in [0.717, 1.165) is 25.0 Å². The number of oxazole rings is 1. The summed E-state index contributed by atoms with van der Waals surface area (Å²) in [5, 5.41) is 9.11. The van der Waals surface area contributed by atoms with Gasteiger partial charge in [0, 0.05) is 37.4 Å². The first-order valence-electron chi connectivity index (χ1n) is 5.78. The zero-order valence-electron chi connectivity index (χ0n) is 9.47. The maximum Gasteiger partial charge on any atom is 0.298 e. The van der Waals surface area contributed by atoms with Crippen molar-refractivity contribution in [3.8, 4) is 0 Å². The van der Waals surface area contributed by atoms with Crippen LogP contribution in [0.3, 0.4) is 0 Å². The second kappa shape index (κ2) is 3.92. The van der Waals surface area contributed by atoms with Gasteiger partial charge in [0.1, 0.15) is 5.52 Å². The number of hydrogen-bond donors (Lipinski definition) is 2. The van der Waals surface area contributed by atoms with E-state index in [2.05, 4.69) is 9.88 Å². The van der Waals surface area contributed by atoms with E-state index >= 15 is 0 Å². The minimum absolute atomic E-state index is 0.226. The maximum absolute atomic E-state index is 9.11. The Morgan fingerprint density at radius 1 is 1.53 bits per heavy atom. The molecule has 2 aromatic rings. The number of aliphatic hydroxyl groups is 1. The van der Waals surface area contributed by atoms with Crippen LogP contribution in [0.2, 0.25) is 0 Å². The summed E-state index contributed by atoms with van der Waals surface area (Å²) in [6.45, 7) is 1.91. The quantitative estimate of drug-likeness (QED) is 0.763. The number of nitrogens with two attached hydrogens (primary N) is 1. The molecule has 1 aromatic carbocycles. The average Bonchev–Trinajstić information content (AvgIpc) is 2.93. The first-order chi connectivity index (χ1) is 8.26. The van der Waals surface area contributed by atoms with Gasteiger partial charge in [-0.3, -0.25) is 0 Å². The molecule has 1 atom stereocenters. The van der Waals surface area contributed by atoms with Crippen LogP contribution in [0.15, 0.2) is 22.6 Å². The Hall–Kier alpha value is -1.75. The fraction of sp³-hybridized carbons (Fsp3) is 0.417. The second-order valence-electron chi connectivity index (χ2n) is 4.51. The van der Waals surface area contributed by atoms with Crippen molar-refractivity contribution in [1.29, 1.82) is 0 Å². The van der Waals surface area contributed by atoms with Crippen molar-refractivity contribution in [2.45, 2.75) is 6.42 Å². The van der Waals surface area contributed by atoms with Crippen LogP contribution in [-0.2, 0) is 0 Å². The molecule has 3 N–H and O–H groups in total. The molecule has 1 fully saturated rings. The molecule has 1 unspecified atom stereocenters. The van der Waals surface area contributed by atoms with Crippen LogP contribution < -0.4 is 10.6 Å². The van der Waals surface area contributed by atoms with Gasteiger partial charge in [-0.1, -0.05) is 0 Å². The Morgan fingerprint density at radius 2 is 2.41 bits per heavy atom. The van der Waals surface area contributed by atoms with Gasteiger partial charge in [0.2, 0.25) is 0 Å². The molecule has 0 radical (unpaired) electrons. The summed E-state index contributed by atoms with van der Waals surface area (Å²) < 4.78 is 5.68. The van der Waals surface area contributed by atoms with Crippen molar-refractivity contribution in [2.75, 3.05) is 30.3 Å². The summed E-state index contributed by atoms with van der Waals surface area (Å²) in [6, 6.07) is 6.08. The van der Waals surface area contributed by atoms with Gasteiger partial charge < -0.3 is 20.2 Å². The molecule has 17 heavy (non-hydrogen) atoms. The summed E-state index contributed by atoms with van der Waals surface area (Å²) in [4.78, 5) is 6.49. The highest BCUT2D eigenvalue weighted by atomic mass is 16.4. The topological polar surface area (TPSA) is 75.5 Å². The van der Waals surface area contributed by atoms with Crippen LogP contribution in [0.4, 0.5) is 11.7 Å². The Morgan fingerprint density at radius 3 is 3.18 bits per heavy atom. The van der Waals surface area contributed by atoms with Crippen LogP contribution >= 0.6 is 0 Å². The molecule has 1 aromatic heterocycles. The molecule has 1 aliphatic rings. The van der Waals surface area contributed by atoms with Gasteiger partial charge in [0.05, 0.1) is 0 Å². The van der Waals surface area contributed by atoms with Crippen LogP contribution in [0.25, 0.3) is 11.1 Å². The number of anilines is 2. The lowest BCUT2D eigenvalue weighted by Gasteiger charge is -2.12. The van der Waals surface area contributed by atoms with Crippen molar-refractivity contribution in [3.63, 3.8) is 0 Å². The lowest BCUT2D eigenvalue weighted by Crippen LogP contribution is -2.20. The van der Waals surface area contributed by atoms with Gasteiger partial charge in [0.25, 0.3) is 6.01 Å². The lowest BCUT2D eigenvalue weighted by atomic mass is 10.1. The standard InChI is InChI=1S/C12H15N3O2/c13-9-1-2-10-11(5-9)17-12(14-10)15-4-3-8(6-15)7-16/h1-2,5,8,16H,3-4,6-7,13H2. The molecule has 5 heteroatoms. The summed E-state index contributed by atoms with van der Waals surface area (Å²) in [7, 11) is 0. The summed E-state index contributed by atoms with van der Waals surface area (Å²) in [5.74, 6) is 0.329. The van der Waals surface area contributed by atoms with Crippen LogP contribution in [0.5, 0.6) is 0 Å². The van der Waals surface area contributed by atoms with Crippen LogP contribution in [-0.4, -0.2) is 29.8 Å². The molecule has 0 spiro atoms. The Balaban J connectivity index is 1.91. The number of benzene rings is 1. The van der Waals surface area contributed by atoms with Crippen molar-refractivity contribution >= 4 is 22.8 Å². The van der Waals surface area contributed by atoms with Crippen molar-refractivity contribution in [1.82, 2.24) is 4.98 Å². The molecule has 0 amide bonds. The van der Waals surface area contributed by atoms with Crippen LogP contribution in [0.1, 0.15) is 6.42 Å². The van der Waals surface area contributed by atoms with Crippen molar-refractivity contribution in [3.05, 3.63) is 18.2 Å². The SMILES string of the molecule is Nc1ccc2nc(N3CCC(CO)C3)oc2c1.